The van der Waals surface area contributed by atoms with E-state index in [1.54, 1.807) is 0 Å². The van der Waals surface area contributed by atoms with E-state index in [0.717, 1.165) is 116 Å². The third-order valence-electron chi connectivity index (χ3n) is 10.5. The van der Waals surface area contributed by atoms with Gasteiger partial charge in [-0.15, -0.1) is 0 Å². The van der Waals surface area contributed by atoms with Gasteiger partial charge in [-0.1, -0.05) is 184 Å². The molecular formula is C64H97NO8. The molecule has 9 nitrogen and oxygen atoms in total. The molecule has 0 rings (SSSR count). The van der Waals surface area contributed by atoms with Gasteiger partial charge in [0.2, 0.25) is 0 Å². The Bertz CT molecular complexity index is 1790. The molecule has 0 aliphatic carbocycles. The Morgan fingerprint density at radius 3 is 1.04 bits per heavy atom. The maximum Gasteiger partial charge on any atom is 0.306 e. The van der Waals surface area contributed by atoms with E-state index in [-0.39, 0.29) is 32.7 Å². The van der Waals surface area contributed by atoms with Crippen LogP contribution in [0.1, 0.15) is 155 Å². The molecule has 0 bridgehead atoms. The number of unbranched alkanes of at least 4 members (excludes halogenated alkanes) is 4. The first-order valence-corrected chi connectivity index (χ1v) is 27.3. The van der Waals surface area contributed by atoms with Gasteiger partial charge in [0.05, 0.1) is 40.3 Å². The lowest BCUT2D eigenvalue weighted by molar-refractivity contribution is -0.870. The first-order valence-electron chi connectivity index (χ1n) is 27.3. The largest absolute Gasteiger partial charge is 0.545 e. The topological polar surface area (TPSA) is 111 Å². The first-order chi connectivity index (χ1) is 35.6. The molecule has 0 amide bonds. The lowest BCUT2D eigenvalue weighted by atomic mass is 10.1. The number of carboxylic acid groups (broad SMARTS) is 1. The lowest BCUT2D eigenvalue weighted by Crippen LogP contribution is -2.44. The summed E-state index contributed by atoms with van der Waals surface area (Å²) in [7, 11) is 5.87. The Labute approximate surface area is 444 Å². The normalized spacial score (nSPS) is 14.2. The molecule has 0 saturated heterocycles. The van der Waals surface area contributed by atoms with Gasteiger partial charge in [-0.05, 0) is 128 Å². The van der Waals surface area contributed by atoms with E-state index in [9.17, 15) is 19.5 Å². The van der Waals surface area contributed by atoms with E-state index in [1.807, 2.05) is 21.1 Å². The zero-order valence-corrected chi connectivity index (χ0v) is 45.9. The molecule has 0 aliphatic heterocycles. The number of ether oxygens (including phenoxy) is 4. The van der Waals surface area contributed by atoms with Crippen LogP contribution in [0.5, 0.6) is 0 Å². The molecule has 0 aromatic rings. The Morgan fingerprint density at radius 1 is 0.411 bits per heavy atom. The highest BCUT2D eigenvalue weighted by Crippen LogP contribution is 2.10. The molecule has 0 radical (unpaired) electrons. The van der Waals surface area contributed by atoms with Crippen LogP contribution in [-0.2, 0) is 33.3 Å². The van der Waals surface area contributed by atoms with Crippen molar-refractivity contribution in [3.05, 3.63) is 170 Å². The van der Waals surface area contributed by atoms with Gasteiger partial charge < -0.3 is 33.3 Å². The number of hydrogen-bond acceptors (Lipinski definition) is 8. The van der Waals surface area contributed by atoms with Crippen molar-refractivity contribution >= 4 is 17.9 Å². The third kappa shape index (κ3) is 54.3. The zero-order chi connectivity index (χ0) is 53.4. The molecule has 0 aromatic carbocycles. The minimum absolute atomic E-state index is 0.120. The zero-order valence-electron chi connectivity index (χ0n) is 45.9. The van der Waals surface area contributed by atoms with Crippen LogP contribution in [0.15, 0.2) is 170 Å². The molecule has 0 aliphatic rings. The van der Waals surface area contributed by atoms with Crippen molar-refractivity contribution in [2.75, 3.05) is 47.5 Å². The summed E-state index contributed by atoms with van der Waals surface area (Å²) in [4.78, 5) is 37.2. The van der Waals surface area contributed by atoms with Crippen molar-refractivity contribution in [2.24, 2.45) is 0 Å². The molecule has 0 heterocycles. The van der Waals surface area contributed by atoms with E-state index >= 15 is 0 Å². The molecule has 2 unspecified atom stereocenters. The van der Waals surface area contributed by atoms with Crippen LogP contribution in [0.4, 0.5) is 0 Å². The van der Waals surface area contributed by atoms with Gasteiger partial charge in [-0.25, -0.2) is 0 Å². The fraction of sp³-hybridized carbons (Fsp3) is 0.516. The Hall–Kier alpha value is -5.35. The van der Waals surface area contributed by atoms with E-state index in [0.29, 0.717) is 23.9 Å². The summed E-state index contributed by atoms with van der Waals surface area (Å²) in [6.45, 7) is 4.37. The highest BCUT2D eigenvalue weighted by Gasteiger charge is 2.21. The Kier molecular flexibility index (Phi) is 49.1. The van der Waals surface area contributed by atoms with Gasteiger partial charge in [-0.2, -0.15) is 0 Å². The van der Waals surface area contributed by atoms with Crippen molar-refractivity contribution in [3.63, 3.8) is 0 Å². The summed E-state index contributed by atoms with van der Waals surface area (Å²) in [6.07, 6.45) is 76.9. The van der Waals surface area contributed by atoms with E-state index in [4.69, 9.17) is 18.9 Å². The summed E-state index contributed by atoms with van der Waals surface area (Å²) >= 11 is 0. The van der Waals surface area contributed by atoms with Gasteiger partial charge in [0.25, 0.3) is 0 Å². The summed E-state index contributed by atoms with van der Waals surface area (Å²) in [5, 5.41) is 11.8. The molecule has 0 fully saturated rings. The lowest BCUT2D eigenvalue weighted by Gasteiger charge is -2.26. The van der Waals surface area contributed by atoms with Crippen LogP contribution in [0.3, 0.4) is 0 Å². The van der Waals surface area contributed by atoms with Crippen molar-refractivity contribution in [1.29, 1.82) is 0 Å². The van der Waals surface area contributed by atoms with E-state index in [1.165, 1.54) is 0 Å². The predicted molar refractivity (Wildman–Crippen MR) is 305 cm³/mol. The minimum Gasteiger partial charge on any atom is -0.545 e. The van der Waals surface area contributed by atoms with Crippen molar-refractivity contribution < 1.29 is 42.9 Å². The summed E-state index contributed by atoms with van der Waals surface area (Å²) in [5.74, 6) is -2.43. The maximum atomic E-state index is 12.8. The Morgan fingerprint density at radius 2 is 0.726 bits per heavy atom. The predicted octanol–water partition coefficient (Wildman–Crippen LogP) is 14.7. The SMILES string of the molecule is CC/C=C\C/C=C\C/C=C\C/C=C\C/C=C\C/C=C\C/C=C\C/C=C\CCCCC(=O)OC(COC(=O)CCCC/C=C\C/C=C\C/C=C\C/C=C\C/C=C\C/C=C\CC)COC(OCC[N+](C)(C)C)C(=O)[O-]. The fourth-order valence-electron chi connectivity index (χ4n) is 6.32. The average molecular weight is 1010 g/mol. The standard InChI is InChI=1S/C64H97NO8/c1-6-8-10-12-14-16-18-20-22-24-26-28-29-30-31-32-33-35-37-39-41-43-45-47-49-51-53-55-62(67)73-60(59-72-64(63(68)69)70-57-56-65(3,4)5)58-71-61(66)54-52-50-48-46-44-42-40-38-36-34-27-25-23-21-19-17-15-13-11-9-7-2/h8-11,14-17,20-23,26-28,30-31,33-35,38-41,44-47,60,64H,6-7,12-13,18-19,24-25,29,32,36-37,42-43,48-59H2,1-5H3/b10-8-,11-9-,16-14-,17-15-,22-20-,23-21-,28-26-,31-30-,34-27-,35-33-,40-38-,41-39-,46-44-,47-45-. The molecule has 2 atom stereocenters. The Balaban J connectivity index is 4.52. The molecular weight excluding hydrogens is 911 g/mol. The van der Waals surface area contributed by atoms with Crippen LogP contribution in [0.2, 0.25) is 0 Å². The average Bonchev–Trinajstić information content (AvgIpc) is 3.36. The van der Waals surface area contributed by atoms with Crippen LogP contribution in [0, 0.1) is 0 Å². The van der Waals surface area contributed by atoms with Crippen molar-refractivity contribution in [3.8, 4) is 0 Å². The summed E-state index contributed by atoms with van der Waals surface area (Å²) in [5.41, 5.74) is 0. The number of esters is 2. The van der Waals surface area contributed by atoms with Gasteiger partial charge in [-0.3, -0.25) is 9.59 Å². The number of nitrogens with zero attached hydrogens (tertiary/aromatic N) is 1. The summed E-state index contributed by atoms with van der Waals surface area (Å²) in [6, 6.07) is 0. The number of carbonyl (C=O) groups is 3. The molecule has 9 heteroatoms. The number of quaternary nitrogens is 1. The van der Waals surface area contributed by atoms with Crippen LogP contribution < -0.4 is 5.11 Å². The molecule has 0 N–H and O–H groups in total. The first kappa shape index (κ1) is 67.6. The second-order valence-electron chi connectivity index (χ2n) is 18.4. The molecule has 0 saturated carbocycles. The molecule has 406 valence electrons. The summed E-state index contributed by atoms with van der Waals surface area (Å²) < 4.78 is 22.5. The van der Waals surface area contributed by atoms with Gasteiger partial charge >= 0.3 is 11.9 Å². The number of rotatable bonds is 47. The van der Waals surface area contributed by atoms with Gasteiger partial charge in [0.1, 0.15) is 13.2 Å². The number of likely N-dealkylation sites (N-methyl/N-ethyl adjacent to an activating group) is 1. The van der Waals surface area contributed by atoms with Gasteiger partial charge in [0, 0.05) is 12.8 Å². The highest BCUT2D eigenvalue weighted by atomic mass is 16.7. The maximum absolute atomic E-state index is 12.8. The third-order valence-corrected chi connectivity index (χ3v) is 10.5. The smallest absolute Gasteiger partial charge is 0.306 e. The quantitative estimate of drug-likeness (QED) is 0.0195. The molecule has 73 heavy (non-hydrogen) atoms. The van der Waals surface area contributed by atoms with Crippen molar-refractivity contribution in [1.82, 2.24) is 0 Å². The second-order valence-corrected chi connectivity index (χ2v) is 18.4. The fourth-order valence-corrected chi connectivity index (χ4v) is 6.32. The number of hydrogen-bond donors (Lipinski definition) is 0. The van der Waals surface area contributed by atoms with Crippen LogP contribution >= 0.6 is 0 Å². The monoisotopic (exact) mass is 1010 g/mol. The van der Waals surface area contributed by atoms with E-state index in [2.05, 4.69) is 184 Å². The van der Waals surface area contributed by atoms with Crippen LogP contribution in [0.25, 0.3) is 0 Å². The molecule has 0 spiro atoms. The number of carboxylic acids is 1. The number of aliphatic carboxylic acids is 1. The second kappa shape index (κ2) is 53.0. The van der Waals surface area contributed by atoms with E-state index < -0.39 is 30.3 Å². The van der Waals surface area contributed by atoms with Crippen LogP contribution in [-0.4, -0.2) is 82.3 Å². The van der Waals surface area contributed by atoms with Gasteiger partial charge in [0.15, 0.2) is 12.4 Å². The van der Waals surface area contributed by atoms with Crippen molar-refractivity contribution in [2.45, 2.75) is 167 Å². The molecule has 0 aromatic heterocycles. The minimum atomic E-state index is -1.66. The number of carbonyl (C=O) groups excluding carboxylic acids is 3. The number of allylic oxidation sites excluding steroid dienone is 28. The highest BCUT2D eigenvalue weighted by molar-refractivity contribution is 5.70.